The number of aryl methyl sites for hydroxylation is 1. The third-order valence-corrected chi connectivity index (χ3v) is 4.54. The summed E-state index contributed by atoms with van der Waals surface area (Å²) >= 11 is 0. The van der Waals surface area contributed by atoms with E-state index in [1.165, 1.54) is 4.80 Å². The smallest absolute Gasteiger partial charge is 0.278 e. The Labute approximate surface area is 163 Å². The maximum atomic E-state index is 12.7. The molecule has 1 N–H and O–H groups in total. The van der Waals surface area contributed by atoms with Crippen LogP contribution in [0.2, 0.25) is 0 Å². The molecule has 7 heteroatoms. The largest absolute Gasteiger partial charge is 0.491 e. The van der Waals surface area contributed by atoms with E-state index in [9.17, 15) is 4.79 Å². The first kappa shape index (κ1) is 18.2. The number of amides is 1. The lowest BCUT2D eigenvalue weighted by Crippen LogP contribution is -2.17. The molecule has 144 valence electrons. The minimum atomic E-state index is -0.309. The predicted molar refractivity (Wildman–Crippen MR) is 105 cm³/mol. The van der Waals surface area contributed by atoms with Crippen LogP contribution in [0, 0.1) is 6.92 Å². The monoisotopic (exact) mass is 378 g/mol. The lowest BCUT2D eigenvalue weighted by atomic mass is 10.2. The van der Waals surface area contributed by atoms with Crippen LogP contribution in [0.5, 0.6) is 5.75 Å². The first-order chi connectivity index (χ1) is 13.7. The third-order valence-electron chi connectivity index (χ3n) is 4.54. The normalized spacial score (nSPS) is 16.1. The van der Waals surface area contributed by atoms with Gasteiger partial charge in [0.05, 0.1) is 17.5 Å². The van der Waals surface area contributed by atoms with Crippen molar-refractivity contribution in [2.45, 2.75) is 25.9 Å². The Kier molecular flexibility index (Phi) is 5.34. The Balaban J connectivity index is 1.43. The van der Waals surface area contributed by atoms with Gasteiger partial charge < -0.3 is 14.8 Å². The molecule has 0 radical (unpaired) electrons. The van der Waals surface area contributed by atoms with E-state index in [1.807, 2.05) is 48.5 Å². The van der Waals surface area contributed by atoms with Gasteiger partial charge in [0.2, 0.25) is 0 Å². The highest BCUT2D eigenvalue weighted by atomic mass is 16.5. The van der Waals surface area contributed by atoms with E-state index in [-0.39, 0.29) is 17.7 Å². The summed E-state index contributed by atoms with van der Waals surface area (Å²) < 4.78 is 11.4. The Bertz CT molecular complexity index is 949. The van der Waals surface area contributed by atoms with Crippen molar-refractivity contribution in [2.75, 3.05) is 18.5 Å². The highest BCUT2D eigenvalue weighted by Gasteiger charge is 2.18. The molecule has 0 spiro atoms. The number of aromatic nitrogens is 3. The standard InChI is InChI=1S/C21H22N4O3/c1-15-20(24-25(23-15)17-8-3-2-4-9-17)21(26)22-16-7-5-10-18(13-16)28-14-19-11-6-12-27-19/h2-5,7-10,13,19H,6,11-12,14H2,1H3,(H,22,26)/t19-/m0/s1. The summed E-state index contributed by atoms with van der Waals surface area (Å²) in [6.45, 7) is 3.08. The van der Waals surface area contributed by atoms with Crippen LogP contribution in [0.15, 0.2) is 54.6 Å². The Morgan fingerprint density at radius 3 is 2.86 bits per heavy atom. The van der Waals surface area contributed by atoms with Crippen LogP contribution in [0.25, 0.3) is 5.69 Å². The van der Waals surface area contributed by atoms with Crippen molar-refractivity contribution < 1.29 is 14.3 Å². The van der Waals surface area contributed by atoms with Crippen LogP contribution >= 0.6 is 0 Å². The first-order valence-corrected chi connectivity index (χ1v) is 9.34. The minimum Gasteiger partial charge on any atom is -0.491 e. The number of carbonyl (C=O) groups is 1. The van der Waals surface area contributed by atoms with Crippen molar-refractivity contribution in [2.24, 2.45) is 0 Å². The molecule has 1 saturated heterocycles. The summed E-state index contributed by atoms with van der Waals surface area (Å²) in [5.41, 5.74) is 2.29. The van der Waals surface area contributed by atoms with Crippen LogP contribution in [-0.2, 0) is 4.74 Å². The van der Waals surface area contributed by atoms with Gasteiger partial charge in [-0.15, -0.1) is 5.10 Å². The molecule has 1 aliphatic heterocycles. The molecule has 7 nitrogen and oxygen atoms in total. The summed E-state index contributed by atoms with van der Waals surface area (Å²) in [6.07, 6.45) is 2.24. The molecule has 0 saturated carbocycles. The van der Waals surface area contributed by atoms with Gasteiger partial charge >= 0.3 is 0 Å². The average Bonchev–Trinajstić information content (AvgIpc) is 3.37. The van der Waals surface area contributed by atoms with Gasteiger partial charge in [-0.25, -0.2) is 0 Å². The van der Waals surface area contributed by atoms with Gasteiger partial charge in [-0.1, -0.05) is 24.3 Å². The Morgan fingerprint density at radius 2 is 2.07 bits per heavy atom. The van der Waals surface area contributed by atoms with Gasteiger partial charge in [0.1, 0.15) is 12.4 Å². The van der Waals surface area contributed by atoms with Gasteiger partial charge in [0.25, 0.3) is 5.91 Å². The van der Waals surface area contributed by atoms with Crippen molar-refractivity contribution in [3.63, 3.8) is 0 Å². The third kappa shape index (κ3) is 4.20. The predicted octanol–water partition coefficient (Wildman–Crippen LogP) is 3.39. The van der Waals surface area contributed by atoms with Gasteiger partial charge in [-0.05, 0) is 44.0 Å². The van der Waals surface area contributed by atoms with Crippen LogP contribution in [0.1, 0.15) is 29.0 Å². The van der Waals surface area contributed by atoms with Gasteiger partial charge in [0.15, 0.2) is 5.69 Å². The molecule has 2 aromatic carbocycles. The van der Waals surface area contributed by atoms with Crippen molar-refractivity contribution >= 4 is 11.6 Å². The molecule has 1 aliphatic rings. The number of rotatable bonds is 6. The second-order valence-electron chi connectivity index (χ2n) is 6.69. The van der Waals surface area contributed by atoms with E-state index in [0.29, 0.717) is 23.7 Å². The van der Waals surface area contributed by atoms with Crippen molar-refractivity contribution in [1.82, 2.24) is 15.0 Å². The zero-order valence-corrected chi connectivity index (χ0v) is 15.7. The van der Waals surface area contributed by atoms with Crippen LogP contribution in [0.4, 0.5) is 5.69 Å². The van der Waals surface area contributed by atoms with Gasteiger partial charge in [-0.3, -0.25) is 4.79 Å². The lowest BCUT2D eigenvalue weighted by molar-refractivity contribution is 0.0680. The molecule has 1 fully saturated rings. The SMILES string of the molecule is Cc1nn(-c2ccccc2)nc1C(=O)Nc1cccc(OC[C@@H]2CCCO2)c1. The van der Waals surface area contributed by atoms with Crippen molar-refractivity contribution in [3.05, 3.63) is 66.0 Å². The molecule has 1 atom stereocenters. The van der Waals surface area contributed by atoms with Crippen molar-refractivity contribution in [1.29, 1.82) is 0 Å². The van der Waals surface area contributed by atoms with E-state index >= 15 is 0 Å². The highest BCUT2D eigenvalue weighted by Crippen LogP contribution is 2.20. The molecule has 3 aromatic rings. The fourth-order valence-electron chi connectivity index (χ4n) is 3.08. The Hall–Kier alpha value is -3.19. The number of benzene rings is 2. The van der Waals surface area contributed by atoms with E-state index in [0.717, 1.165) is 25.1 Å². The summed E-state index contributed by atoms with van der Waals surface area (Å²) in [5.74, 6) is 0.383. The molecule has 4 rings (SSSR count). The molecule has 1 aromatic heterocycles. The maximum Gasteiger partial charge on any atom is 0.278 e. The van der Waals surface area contributed by atoms with Crippen LogP contribution in [0.3, 0.4) is 0 Å². The number of ether oxygens (including phenoxy) is 2. The molecular formula is C21H22N4O3. The molecule has 28 heavy (non-hydrogen) atoms. The first-order valence-electron chi connectivity index (χ1n) is 9.34. The van der Waals surface area contributed by atoms with Gasteiger partial charge in [0, 0.05) is 18.4 Å². The number of carbonyl (C=O) groups excluding carboxylic acids is 1. The van der Waals surface area contributed by atoms with E-state index in [2.05, 4.69) is 15.5 Å². The fourth-order valence-corrected chi connectivity index (χ4v) is 3.08. The van der Waals surface area contributed by atoms with Crippen LogP contribution < -0.4 is 10.1 Å². The topological polar surface area (TPSA) is 78.3 Å². The van der Waals surface area contributed by atoms with E-state index < -0.39 is 0 Å². The second kappa shape index (κ2) is 8.22. The summed E-state index contributed by atoms with van der Waals surface area (Å²) in [6, 6.07) is 16.8. The zero-order valence-electron chi connectivity index (χ0n) is 15.7. The fraction of sp³-hybridized carbons (Fsp3) is 0.286. The number of para-hydroxylation sites is 1. The number of hydrogen-bond donors (Lipinski definition) is 1. The molecular weight excluding hydrogens is 356 g/mol. The summed E-state index contributed by atoms with van der Waals surface area (Å²) in [4.78, 5) is 14.1. The maximum absolute atomic E-state index is 12.7. The minimum absolute atomic E-state index is 0.147. The molecule has 0 aliphatic carbocycles. The average molecular weight is 378 g/mol. The molecule has 1 amide bonds. The Morgan fingerprint density at radius 1 is 1.21 bits per heavy atom. The molecule has 0 unspecified atom stereocenters. The second-order valence-corrected chi connectivity index (χ2v) is 6.69. The molecule has 2 heterocycles. The van der Waals surface area contributed by atoms with E-state index in [1.54, 1.807) is 13.0 Å². The lowest BCUT2D eigenvalue weighted by Gasteiger charge is -2.12. The molecule has 0 bridgehead atoms. The van der Waals surface area contributed by atoms with Gasteiger partial charge in [-0.2, -0.15) is 9.90 Å². The van der Waals surface area contributed by atoms with Crippen molar-refractivity contribution in [3.8, 4) is 11.4 Å². The van der Waals surface area contributed by atoms with Crippen LogP contribution in [-0.4, -0.2) is 40.2 Å². The number of nitrogens with one attached hydrogen (secondary N) is 1. The summed E-state index contributed by atoms with van der Waals surface area (Å²) in [5, 5.41) is 11.5. The summed E-state index contributed by atoms with van der Waals surface area (Å²) in [7, 11) is 0. The van der Waals surface area contributed by atoms with E-state index in [4.69, 9.17) is 9.47 Å². The quantitative estimate of drug-likeness (QED) is 0.711. The number of nitrogens with zero attached hydrogens (tertiary/aromatic N) is 3. The highest BCUT2D eigenvalue weighted by molar-refractivity contribution is 6.03. The zero-order chi connectivity index (χ0) is 19.3. The number of hydrogen-bond acceptors (Lipinski definition) is 5. The number of anilines is 1.